The van der Waals surface area contributed by atoms with Gasteiger partial charge in [0.1, 0.15) is 22.8 Å². The van der Waals surface area contributed by atoms with Gasteiger partial charge < -0.3 is 24.6 Å². The Morgan fingerprint density at radius 2 is 1.58 bits per heavy atom. The number of hydrogen-bond donors (Lipinski definition) is 2. The third-order valence-corrected chi connectivity index (χ3v) is 11.0. The van der Waals surface area contributed by atoms with Crippen LogP contribution < -0.4 is 5.32 Å². The van der Waals surface area contributed by atoms with Crippen LogP contribution in [0.4, 0.5) is 4.79 Å². The lowest BCUT2D eigenvalue weighted by atomic mass is 9.46. The first kappa shape index (κ1) is 35.1. The summed E-state index contributed by atoms with van der Waals surface area (Å²) < 4.78 is 16.0. The molecule has 0 saturated heterocycles. The highest BCUT2D eigenvalue weighted by atomic mass is 16.6. The second-order valence-corrected chi connectivity index (χ2v) is 16.2. The summed E-state index contributed by atoms with van der Waals surface area (Å²) >= 11 is 0. The maximum Gasteiger partial charge on any atom is 0.408 e. The molecular formula is C35H53NO9. The molecule has 0 heterocycles. The number of nitrogens with one attached hydrogen (secondary N) is 1. The first-order valence-electron chi connectivity index (χ1n) is 16.6. The van der Waals surface area contributed by atoms with E-state index in [-0.39, 0.29) is 30.0 Å². The molecule has 0 aromatic carbocycles. The molecule has 0 spiro atoms. The van der Waals surface area contributed by atoms with Crippen molar-refractivity contribution in [1.82, 2.24) is 5.32 Å². The number of hydrogen-bond acceptors (Lipinski definition) is 9. The smallest absolute Gasteiger partial charge is 0.408 e. The Balaban J connectivity index is 1.43. The predicted molar refractivity (Wildman–Crippen MR) is 166 cm³/mol. The minimum atomic E-state index is -1.65. The number of carbonyl (C=O) groups is 5. The topological polar surface area (TPSA) is 145 Å². The molecule has 0 bridgehead atoms. The first-order chi connectivity index (χ1) is 20.7. The molecule has 0 unspecified atom stereocenters. The van der Waals surface area contributed by atoms with Crippen molar-refractivity contribution in [1.29, 1.82) is 0 Å². The number of allylic oxidation sites excluding steroid dienone is 1. The fraction of sp³-hybridized carbons (Fsp3) is 0.800. The van der Waals surface area contributed by atoms with E-state index < -0.39 is 58.7 Å². The average molecular weight is 632 g/mol. The van der Waals surface area contributed by atoms with Crippen LogP contribution in [-0.4, -0.2) is 64.2 Å². The van der Waals surface area contributed by atoms with Crippen molar-refractivity contribution in [3.63, 3.8) is 0 Å². The average Bonchev–Trinajstić information content (AvgIpc) is 3.19. The van der Waals surface area contributed by atoms with Crippen molar-refractivity contribution in [3.8, 4) is 0 Å². The molecule has 4 aliphatic rings. The molecule has 10 nitrogen and oxygen atoms in total. The van der Waals surface area contributed by atoms with Gasteiger partial charge in [-0.15, -0.1) is 0 Å². The van der Waals surface area contributed by atoms with Crippen LogP contribution in [0.2, 0.25) is 0 Å². The van der Waals surface area contributed by atoms with Gasteiger partial charge in [-0.25, -0.2) is 9.59 Å². The van der Waals surface area contributed by atoms with Crippen LogP contribution in [0.25, 0.3) is 0 Å². The molecule has 252 valence electrons. The number of ketones is 2. The van der Waals surface area contributed by atoms with E-state index in [4.69, 9.17) is 14.2 Å². The highest BCUT2D eigenvalue weighted by molar-refractivity contribution is 5.92. The van der Waals surface area contributed by atoms with Gasteiger partial charge in [-0.2, -0.15) is 0 Å². The van der Waals surface area contributed by atoms with Gasteiger partial charge >= 0.3 is 18.0 Å². The van der Waals surface area contributed by atoms with E-state index in [1.807, 2.05) is 13.0 Å². The number of ether oxygens (including phenoxy) is 3. The van der Waals surface area contributed by atoms with Gasteiger partial charge in [-0.05, 0) is 122 Å². The number of alkyl carbamates (subject to hydrolysis) is 1. The van der Waals surface area contributed by atoms with Gasteiger partial charge in [-0.3, -0.25) is 14.4 Å². The van der Waals surface area contributed by atoms with Crippen LogP contribution in [0.5, 0.6) is 0 Å². The molecule has 4 rings (SSSR count). The molecule has 3 saturated carbocycles. The molecule has 7 atom stereocenters. The fourth-order valence-electron chi connectivity index (χ4n) is 8.74. The molecular weight excluding hydrogens is 578 g/mol. The zero-order valence-corrected chi connectivity index (χ0v) is 28.4. The number of fused-ring (bicyclic) bond motifs is 5. The summed E-state index contributed by atoms with van der Waals surface area (Å²) in [6.07, 6.45) is 6.50. The van der Waals surface area contributed by atoms with Gasteiger partial charge in [0.15, 0.2) is 12.4 Å². The van der Waals surface area contributed by atoms with E-state index in [9.17, 15) is 29.1 Å². The quantitative estimate of drug-likeness (QED) is 0.266. The minimum Gasteiger partial charge on any atom is -0.460 e. The SMILES string of the molecule is CC(C)(C)OC(=O)CC[C@@H](NC(=O)OC(C)(C)C)C(=O)OCC(=O)[C@@]1(O)CC[C@H]2[C@@H]3CCC4=CC(=O)CC[C@]4(C)[C@H]3CC[C@@]21C. The Morgan fingerprint density at radius 1 is 0.933 bits per heavy atom. The molecule has 0 aliphatic heterocycles. The summed E-state index contributed by atoms with van der Waals surface area (Å²) in [5.41, 5.74) is -2.60. The van der Waals surface area contributed by atoms with Crippen LogP contribution in [0.15, 0.2) is 11.6 Å². The van der Waals surface area contributed by atoms with Gasteiger partial charge in [0.2, 0.25) is 5.78 Å². The van der Waals surface area contributed by atoms with Gasteiger partial charge in [-0.1, -0.05) is 19.4 Å². The number of carbonyl (C=O) groups excluding carboxylic acids is 5. The third-order valence-electron chi connectivity index (χ3n) is 11.0. The van der Waals surface area contributed by atoms with Crippen molar-refractivity contribution in [3.05, 3.63) is 11.6 Å². The monoisotopic (exact) mass is 631 g/mol. The molecule has 0 radical (unpaired) electrons. The fourth-order valence-corrected chi connectivity index (χ4v) is 8.74. The van der Waals surface area contributed by atoms with E-state index in [0.29, 0.717) is 37.5 Å². The van der Waals surface area contributed by atoms with Gasteiger partial charge in [0.05, 0.1) is 0 Å². The molecule has 1 amide bonds. The first-order valence-corrected chi connectivity index (χ1v) is 16.6. The number of esters is 2. The van der Waals surface area contributed by atoms with Crippen LogP contribution in [0.3, 0.4) is 0 Å². The lowest BCUT2D eigenvalue weighted by Crippen LogP contribution is -2.58. The standard InChI is InChI=1S/C35H53NO9/c1-31(2,3)44-28(39)12-11-26(36-30(41)45-32(4,5)6)29(40)43-20-27(38)35(42)18-15-25-23-10-9-21-19-22(37)13-16-33(21,7)24(23)14-17-34(25,35)8/h19,23-26,42H,9-18,20H2,1-8H3,(H,36,41)/t23-,24+,25+,26-,33+,34+,35+/m1/s1. The Kier molecular flexibility index (Phi) is 9.72. The summed E-state index contributed by atoms with van der Waals surface area (Å²) in [7, 11) is 0. The zero-order chi connectivity index (χ0) is 33.6. The number of aliphatic hydroxyl groups is 1. The second kappa shape index (κ2) is 12.5. The zero-order valence-electron chi connectivity index (χ0n) is 28.4. The third kappa shape index (κ3) is 7.31. The Morgan fingerprint density at radius 3 is 2.22 bits per heavy atom. The van der Waals surface area contributed by atoms with Crippen LogP contribution in [0, 0.1) is 28.6 Å². The minimum absolute atomic E-state index is 0.0200. The van der Waals surface area contributed by atoms with Crippen molar-refractivity contribution < 1.29 is 43.3 Å². The number of Topliss-reactive ketones (excluding diaryl/α,β-unsaturated/α-hetero) is 1. The molecule has 45 heavy (non-hydrogen) atoms. The van der Waals surface area contributed by atoms with E-state index >= 15 is 0 Å². The van der Waals surface area contributed by atoms with E-state index in [1.54, 1.807) is 41.5 Å². The van der Waals surface area contributed by atoms with Crippen molar-refractivity contribution in [2.75, 3.05) is 6.61 Å². The second-order valence-electron chi connectivity index (χ2n) is 16.2. The van der Waals surface area contributed by atoms with Crippen LogP contribution in [0.1, 0.15) is 120 Å². The maximum atomic E-state index is 13.7. The highest BCUT2D eigenvalue weighted by Gasteiger charge is 2.66. The van der Waals surface area contributed by atoms with E-state index in [2.05, 4.69) is 12.2 Å². The summed E-state index contributed by atoms with van der Waals surface area (Å²) in [5, 5.41) is 14.5. The van der Waals surface area contributed by atoms with Crippen LogP contribution in [-0.2, 0) is 33.4 Å². The van der Waals surface area contributed by atoms with Gasteiger partial charge in [0, 0.05) is 18.3 Å². The number of rotatable bonds is 8. The lowest BCUT2D eigenvalue weighted by molar-refractivity contribution is -0.170. The molecule has 4 aliphatic carbocycles. The largest absolute Gasteiger partial charge is 0.460 e. The van der Waals surface area contributed by atoms with E-state index in [1.165, 1.54) is 5.57 Å². The van der Waals surface area contributed by atoms with Gasteiger partial charge in [0.25, 0.3) is 0 Å². The van der Waals surface area contributed by atoms with Crippen molar-refractivity contribution >= 4 is 29.6 Å². The Labute approximate surface area is 267 Å². The molecule has 0 aromatic rings. The lowest BCUT2D eigenvalue weighted by Gasteiger charge is -2.58. The summed E-state index contributed by atoms with van der Waals surface area (Å²) in [6, 6.07) is -1.26. The molecule has 2 N–H and O–H groups in total. The van der Waals surface area contributed by atoms with E-state index in [0.717, 1.165) is 25.7 Å². The molecule has 3 fully saturated rings. The predicted octanol–water partition coefficient (Wildman–Crippen LogP) is 5.38. The summed E-state index contributed by atoms with van der Waals surface area (Å²) in [6.45, 7) is 13.9. The molecule has 0 aromatic heterocycles. The van der Waals surface area contributed by atoms with Crippen molar-refractivity contribution in [2.24, 2.45) is 28.6 Å². The summed E-state index contributed by atoms with van der Waals surface area (Å²) in [4.78, 5) is 63.9. The Hall–Kier alpha value is -2.75. The number of amides is 1. The van der Waals surface area contributed by atoms with Crippen LogP contribution >= 0.6 is 0 Å². The van der Waals surface area contributed by atoms with Crippen molar-refractivity contribution in [2.45, 2.75) is 142 Å². The summed E-state index contributed by atoms with van der Waals surface area (Å²) in [5.74, 6) is -0.874. The maximum absolute atomic E-state index is 13.7. The highest BCUT2D eigenvalue weighted by Crippen LogP contribution is 2.67. The Bertz CT molecular complexity index is 1240. The normalized spacial score (nSPS) is 33.5. The molecule has 10 heteroatoms.